The van der Waals surface area contributed by atoms with E-state index in [0.29, 0.717) is 31.3 Å². The maximum atomic E-state index is 13.2. The summed E-state index contributed by atoms with van der Waals surface area (Å²) < 4.78 is 7.84. The molecule has 6 rings (SSSR count). The predicted molar refractivity (Wildman–Crippen MR) is 139 cm³/mol. The summed E-state index contributed by atoms with van der Waals surface area (Å²) >= 11 is 0. The van der Waals surface area contributed by atoms with E-state index in [4.69, 9.17) is 9.72 Å². The lowest BCUT2D eigenvalue weighted by atomic mass is 9.97. The Morgan fingerprint density at radius 2 is 1.89 bits per heavy atom. The highest BCUT2D eigenvalue weighted by Gasteiger charge is 2.45. The summed E-state index contributed by atoms with van der Waals surface area (Å²) in [4.78, 5) is 33.8. The molecular weight excluding hydrogens is 468 g/mol. The highest BCUT2D eigenvalue weighted by Crippen LogP contribution is 2.41. The highest BCUT2D eigenvalue weighted by molar-refractivity contribution is 5.93. The minimum Gasteiger partial charge on any atom is -0.444 e. The van der Waals surface area contributed by atoms with Gasteiger partial charge in [-0.15, -0.1) is 0 Å². The molecule has 1 saturated carbocycles. The summed E-state index contributed by atoms with van der Waals surface area (Å²) in [6, 6.07) is 2.77. The number of amides is 2. The van der Waals surface area contributed by atoms with Crippen LogP contribution in [0.2, 0.25) is 0 Å². The quantitative estimate of drug-likeness (QED) is 0.621. The van der Waals surface area contributed by atoms with Gasteiger partial charge in [0.05, 0.1) is 12.7 Å². The number of carbonyl (C=O) groups excluding carboxylic acids is 2. The summed E-state index contributed by atoms with van der Waals surface area (Å²) in [6.07, 6.45) is 8.30. The van der Waals surface area contributed by atoms with Crippen molar-refractivity contribution in [2.45, 2.75) is 102 Å². The predicted octanol–water partition coefficient (Wildman–Crippen LogP) is 3.90. The van der Waals surface area contributed by atoms with Crippen LogP contribution >= 0.6 is 0 Å². The van der Waals surface area contributed by atoms with Crippen LogP contribution in [0.3, 0.4) is 0 Å². The molecule has 4 fully saturated rings. The molecule has 2 aromatic rings. The van der Waals surface area contributed by atoms with Crippen LogP contribution in [0.15, 0.2) is 12.3 Å². The van der Waals surface area contributed by atoms with Crippen LogP contribution in [0.25, 0.3) is 5.65 Å². The molecule has 2 bridgehead atoms. The number of fused-ring (bicyclic) bond motifs is 3. The van der Waals surface area contributed by atoms with Crippen molar-refractivity contribution < 1.29 is 14.3 Å². The smallest absolute Gasteiger partial charge is 0.410 e. The summed E-state index contributed by atoms with van der Waals surface area (Å²) in [6.45, 7) is 7.03. The second kappa shape index (κ2) is 9.55. The van der Waals surface area contributed by atoms with E-state index in [1.165, 1.54) is 18.4 Å². The van der Waals surface area contributed by atoms with Gasteiger partial charge in [0.15, 0.2) is 5.65 Å². The van der Waals surface area contributed by atoms with Gasteiger partial charge in [0, 0.05) is 54.3 Å². The molecule has 3 aliphatic heterocycles. The lowest BCUT2D eigenvalue weighted by molar-refractivity contribution is -0.124. The molecule has 2 amide bonds. The van der Waals surface area contributed by atoms with Gasteiger partial charge in [-0.1, -0.05) is 19.8 Å². The van der Waals surface area contributed by atoms with E-state index in [2.05, 4.69) is 42.2 Å². The number of anilines is 1. The Hall–Kier alpha value is -3.28. The maximum Gasteiger partial charge on any atom is 0.410 e. The molecule has 2 unspecified atom stereocenters. The Kier molecular flexibility index (Phi) is 6.21. The van der Waals surface area contributed by atoms with Crippen molar-refractivity contribution in [1.29, 1.82) is 0 Å². The number of ether oxygens (including phenoxy) is 1. The summed E-state index contributed by atoms with van der Waals surface area (Å²) in [7, 11) is 0. The highest BCUT2D eigenvalue weighted by atomic mass is 16.6. The van der Waals surface area contributed by atoms with E-state index >= 15 is 0 Å². The lowest BCUT2D eigenvalue weighted by Gasteiger charge is -2.39. The Morgan fingerprint density at radius 1 is 1.14 bits per heavy atom. The zero-order valence-electron chi connectivity index (χ0n) is 21.9. The SMILES string of the molecule is CC#CC(=O)N1CC[C@H](OC(=O)N2C3CCC2CC(Nc2cc(C4CC4)nc4c(C(C)C)cnn24)C3)C1. The van der Waals surface area contributed by atoms with Gasteiger partial charge in [0.2, 0.25) is 0 Å². The summed E-state index contributed by atoms with van der Waals surface area (Å²) in [5.74, 6) is 6.95. The normalized spacial score (nSPS) is 26.9. The number of aromatic nitrogens is 3. The molecule has 0 aromatic carbocycles. The molecule has 1 N–H and O–H groups in total. The maximum absolute atomic E-state index is 13.2. The standard InChI is InChI=1S/C28H36N6O3/c1-4-5-26(35)32-11-10-22(16-32)37-28(36)33-20-8-9-21(33)13-19(12-20)30-25-14-24(18-6-7-18)31-27-23(17(2)3)15-29-34(25)27/h14-15,17-22,30H,6-13,16H2,1-3H3/t19?,20?,21?,22-/m0/s1. The molecule has 0 radical (unpaired) electrons. The number of likely N-dealkylation sites (tertiary alicyclic amines) is 1. The minimum absolute atomic E-state index is 0.165. The Balaban J connectivity index is 1.13. The van der Waals surface area contributed by atoms with Crippen LogP contribution in [0.1, 0.15) is 88.8 Å². The van der Waals surface area contributed by atoms with E-state index < -0.39 is 0 Å². The van der Waals surface area contributed by atoms with Gasteiger partial charge in [-0.05, 0) is 57.3 Å². The van der Waals surface area contributed by atoms with Crippen molar-refractivity contribution in [3.05, 3.63) is 23.5 Å². The Bertz CT molecular complexity index is 1260. The second-order valence-corrected chi connectivity index (χ2v) is 11.4. The molecule has 2 aromatic heterocycles. The van der Waals surface area contributed by atoms with Crippen LogP contribution in [0, 0.1) is 11.8 Å². The van der Waals surface area contributed by atoms with Gasteiger partial charge in [-0.2, -0.15) is 9.61 Å². The van der Waals surface area contributed by atoms with Crippen molar-refractivity contribution in [3.8, 4) is 11.8 Å². The monoisotopic (exact) mass is 504 g/mol. The van der Waals surface area contributed by atoms with E-state index in [0.717, 1.165) is 42.8 Å². The molecule has 1 aliphatic carbocycles. The fraction of sp³-hybridized carbons (Fsp3) is 0.643. The Morgan fingerprint density at radius 3 is 2.57 bits per heavy atom. The molecule has 3 saturated heterocycles. The number of piperidine rings is 1. The third kappa shape index (κ3) is 4.62. The van der Waals surface area contributed by atoms with Gasteiger partial charge in [-0.25, -0.2) is 9.78 Å². The zero-order chi connectivity index (χ0) is 25.7. The van der Waals surface area contributed by atoms with Crippen LogP contribution in [-0.2, 0) is 9.53 Å². The summed E-state index contributed by atoms with van der Waals surface area (Å²) in [5, 5.41) is 8.47. The number of nitrogens with one attached hydrogen (secondary N) is 1. The van der Waals surface area contributed by atoms with E-state index in [-0.39, 0.29) is 36.2 Å². The summed E-state index contributed by atoms with van der Waals surface area (Å²) in [5.41, 5.74) is 3.30. The fourth-order valence-corrected chi connectivity index (χ4v) is 6.30. The first-order valence-corrected chi connectivity index (χ1v) is 13.8. The largest absolute Gasteiger partial charge is 0.444 e. The molecule has 9 heteroatoms. The average molecular weight is 505 g/mol. The second-order valence-electron chi connectivity index (χ2n) is 11.4. The van der Waals surface area contributed by atoms with E-state index in [1.54, 1.807) is 11.8 Å². The first-order valence-electron chi connectivity index (χ1n) is 13.8. The number of rotatable bonds is 5. The van der Waals surface area contributed by atoms with E-state index in [1.807, 2.05) is 15.6 Å². The van der Waals surface area contributed by atoms with Crippen LogP contribution < -0.4 is 5.32 Å². The van der Waals surface area contributed by atoms with Gasteiger partial charge >= 0.3 is 6.09 Å². The molecule has 3 atom stereocenters. The van der Waals surface area contributed by atoms with Crippen molar-refractivity contribution in [3.63, 3.8) is 0 Å². The van der Waals surface area contributed by atoms with Gasteiger partial charge in [0.1, 0.15) is 11.9 Å². The lowest BCUT2D eigenvalue weighted by Crippen LogP contribution is -2.50. The Labute approximate surface area is 217 Å². The third-order valence-corrected chi connectivity index (χ3v) is 8.36. The van der Waals surface area contributed by atoms with Crippen LogP contribution in [0.5, 0.6) is 0 Å². The van der Waals surface area contributed by atoms with Gasteiger partial charge in [0.25, 0.3) is 5.91 Å². The third-order valence-electron chi connectivity index (χ3n) is 8.36. The molecular formula is C28H36N6O3. The van der Waals surface area contributed by atoms with Crippen molar-refractivity contribution in [2.75, 3.05) is 18.4 Å². The molecule has 9 nitrogen and oxygen atoms in total. The zero-order valence-corrected chi connectivity index (χ0v) is 21.9. The van der Waals surface area contributed by atoms with Crippen molar-refractivity contribution in [2.24, 2.45) is 0 Å². The number of hydrogen-bond acceptors (Lipinski definition) is 6. The average Bonchev–Trinajstić information content (AvgIpc) is 3.34. The molecule has 196 valence electrons. The first kappa shape index (κ1) is 24.1. The number of carbonyl (C=O) groups is 2. The minimum atomic E-state index is -0.258. The number of hydrogen-bond donors (Lipinski definition) is 1. The van der Waals surface area contributed by atoms with Crippen molar-refractivity contribution >= 4 is 23.5 Å². The molecule has 5 heterocycles. The number of nitrogens with zero attached hydrogens (tertiary/aromatic N) is 5. The van der Waals surface area contributed by atoms with Gasteiger partial charge < -0.3 is 19.9 Å². The van der Waals surface area contributed by atoms with Crippen LogP contribution in [0.4, 0.5) is 10.6 Å². The molecule has 37 heavy (non-hydrogen) atoms. The fourth-order valence-electron chi connectivity index (χ4n) is 6.30. The first-order chi connectivity index (χ1) is 17.9. The topological polar surface area (TPSA) is 92.1 Å². The molecule has 0 spiro atoms. The van der Waals surface area contributed by atoms with Crippen LogP contribution in [-0.4, -0.2) is 73.7 Å². The van der Waals surface area contributed by atoms with E-state index in [9.17, 15) is 9.59 Å². The van der Waals surface area contributed by atoms with Gasteiger partial charge in [-0.3, -0.25) is 4.79 Å². The van der Waals surface area contributed by atoms with Crippen molar-refractivity contribution in [1.82, 2.24) is 24.4 Å². The molecule has 4 aliphatic rings.